The number of nitrogens with zero attached hydrogens (tertiary/aromatic N) is 2. The molecule has 0 bridgehead atoms. The highest BCUT2D eigenvalue weighted by Crippen LogP contribution is 2.17. The van der Waals surface area contributed by atoms with Crippen LogP contribution in [0.5, 0.6) is 0 Å². The molecule has 3 aromatic rings. The van der Waals surface area contributed by atoms with Gasteiger partial charge >= 0.3 is 0 Å². The number of aromatic amines is 1. The Morgan fingerprint density at radius 2 is 1.69 bits per heavy atom. The van der Waals surface area contributed by atoms with Crippen LogP contribution in [0.25, 0.3) is 10.9 Å². The molecule has 0 saturated carbocycles. The van der Waals surface area contributed by atoms with E-state index in [0.29, 0.717) is 31.9 Å². The average molecular weight is 392 g/mol. The van der Waals surface area contributed by atoms with Crippen molar-refractivity contribution in [1.82, 2.24) is 15.2 Å². The number of hydrogen-bond donors (Lipinski definition) is 3. The fourth-order valence-corrected chi connectivity index (χ4v) is 3.66. The molecule has 2 aromatic carbocycles. The van der Waals surface area contributed by atoms with E-state index >= 15 is 0 Å². The number of aliphatic hydroxyl groups is 1. The number of hydrogen-bond acceptors (Lipinski definition) is 4. The molecular formula is C22H24N4O3. The van der Waals surface area contributed by atoms with E-state index in [0.717, 1.165) is 16.6 Å². The summed E-state index contributed by atoms with van der Waals surface area (Å²) in [7, 11) is 0. The minimum atomic E-state index is -0.961. The monoisotopic (exact) mass is 392 g/mol. The van der Waals surface area contributed by atoms with E-state index in [9.17, 15) is 14.7 Å². The first kappa shape index (κ1) is 19.0. The summed E-state index contributed by atoms with van der Waals surface area (Å²) in [6.45, 7) is 2.08. The molecule has 1 fully saturated rings. The summed E-state index contributed by atoms with van der Waals surface area (Å²) in [4.78, 5) is 32.4. The Bertz CT molecular complexity index is 960. The van der Waals surface area contributed by atoms with Gasteiger partial charge in [-0.2, -0.15) is 0 Å². The predicted octanol–water partition coefficient (Wildman–Crippen LogP) is 1.61. The summed E-state index contributed by atoms with van der Waals surface area (Å²) < 4.78 is 0. The van der Waals surface area contributed by atoms with Crippen molar-refractivity contribution in [3.05, 3.63) is 66.4 Å². The summed E-state index contributed by atoms with van der Waals surface area (Å²) in [5, 5.41) is 13.3. The Balaban J connectivity index is 1.37. The number of para-hydroxylation sites is 2. The molecule has 1 saturated heterocycles. The Morgan fingerprint density at radius 3 is 2.38 bits per heavy atom. The Morgan fingerprint density at radius 1 is 1.00 bits per heavy atom. The summed E-state index contributed by atoms with van der Waals surface area (Å²) in [6.07, 6.45) is 0. The summed E-state index contributed by atoms with van der Waals surface area (Å²) in [5.74, 6) is -0.666. The number of H-pyrrole nitrogens is 1. The molecule has 1 aromatic heterocycles. The Labute approximate surface area is 168 Å². The zero-order valence-corrected chi connectivity index (χ0v) is 16.0. The van der Waals surface area contributed by atoms with Gasteiger partial charge in [-0.15, -0.1) is 0 Å². The van der Waals surface area contributed by atoms with E-state index in [1.165, 1.54) is 0 Å². The van der Waals surface area contributed by atoms with Crippen LogP contribution in [-0.2, 0) is 4.79 Å². The number of carbonyl (C=O) groups is 2. The van der Waals surface area contributed by atoms with E-state index in [1.54, 1.807) is 11.0 Å². The molecule has 0 radical (unpaired) electrons. The van der Waals surface area contributed by atoms with Gasteiger partial charge < -0.3 is 25.2 Å². The number of anilines is 1. The van der Waals surface area contributed by atoms with Crippen LogP contribution in [-0.4, -0.2) is 65.6 Å². The molecule has 3 N–H and O–H groups in total. The van der Waals surface area contributed by atoms with Gasteiger partial charge in [0, 0.05) is 42.8 Å². The number of rotatable bonds is 5. The van der Waals surface area contributed by atoms with Crippen LogP contribution in [0.15, 0.2) is 60.7 Å². The number of carbonyl (C=O) groups excluding carboxylic acids is 2. The van der Waals surface area contributed by atoms with Gasteiger partial charge in [0.1, 0.15) is 11.7 Å². The summed E-state index contributed by atoms with van der Waals surface area (Å²) in [5.41, 5.74) is 2.35. The highest BCUT2D eigenvalue weighted by Gasteiger charge is 2.28. The molecule has 0 unspecified atom stereocenters. The zero-order valence-electron chi connectivity index (χ0n) is 16.0. The number of aromatic nitrogens is 1. The number of fused-ring (bicyclic) bond motifs is 1. The molecule has 150 valence electrons. The van der Waals surface area contributed by atoms with Gasteiger partial charge in [-0.25, -0.2) is 0 Å². The first-order chi connectivity index (χ1) is 14.2. The van der Waals surface area contributed by atoms with E-state index < -0.39 is 18.6 Å². The lowest BCUT2D eigenvalue weighted by Gasteiger charge is -2.37. The van der Waals surface area contributed by atoms with Crippen molar-refractivity contribution in [2.45, 2.75) is 6.04 Å². The van der Waals surface area contributed by atoms with E-state index in [-0.39, 0.29) is 5.91 Å². The van der Waals surface area contributed by atoms with E-state index in [2.05, 4.69) is 27.3 Å². The lowest BCUT2D eigenvalue weighted by Crippen LogP contribution is -2.56. The first-order valence-electron chi connectivity index (χ1n) is 9.74. The smallest absolute Gasteiger partial charge is 0.268 e. The second-order valence-electron chi connectivity index (χ2n) is 7.13. The lowest BCUT2D eigenvalue weighted by molar-refractivity contribution is -0.134. The van der Waals surface area contributed by atoms with Crippen molar-refractivity contribution in [3.8, 4) is 0 Å². The van der Waals surface area contributed by atoms with Crippen molar-refractivity contribution in [2.75, 3.05) is 37.7 Å². The van der Waals surface area contributed by atoms with Crippen LogP contribution >= 0.6 is 0 Å². The number of piperazine rings is 1. The highest BCUT2D eigenvalue weighted by atomic mass is 16.3. The van der Waals surface area contributed by atoms with E-state index in [1.807, 2.05) is 42.5 Å². The fraction of sp³-hybridized carbons (Fsp3) is 0.273. The molecular weight excluding hydrogens is 368 g/mol. The van der Waals surface area contributed by atoms with Crippen molar-refractivity contribution < 1.29 is 14.7 Å². The minimum absolute atomic E-state index is 0.260. The van der Waals surface area contributed by atoms with Crippen LogP contribution in [0.3, 0.4) is 0 Å². The van der Waals surface area contributed by atoms with Gasteiger partial charge in [-0.3, -0.25) is 9.59 Å². The standard InChI is InChI=1S/C22H24N4O3/c27-15-20(24-21(28)19-14-16-6-4-5-9-18(16)23-19)22(29)26-12-10-25(11-13-26)17-7-2-1-3-8-17/h1-9,14,20,23,27H,10-13,15H2,(H,24,28)/t20-/m0/s1. The second kappa shape index (κ2) is 8.36. The van der Waals surface area contributed by atoms with Crippen molar-refractivity contribution >= 4 is 28.4 Å². The normalized spacial score (nSPS) is 15.3. The quantitative estimate of drug-likeness (QED) is 0.616. The maximum atomic E-state index is 12.8. The molecule has 7 nitrogen and oxygen atoms in total. The molecule has 2 heterocycles. The molecule has 1 atom stereocenters. The molecule has 4 rings (SSSR count). The molecule has 1 aliphatic rings. The van der Waals surface area contributed by atoms with Crippen LogP contribution in [0.2, 0.25) is 0 Å². The fourth-order valence-electron chi connectivity index (χ4n) is 3.66. The van der Waals surface area contributed by atoms with Gasteiger partial charge in [-0.1, -0.05) is 36.4 Å². The van der Waals surface area contributed by atoms with Gasteiger partial charge in [0.25, 0.3) is 5.91 Å². The molecule has 7 heteroatoms. The third kappa shape index (κ3) is 4.09. The lowest BCUT2D eigenvalue weighted by atomic mass is 10.2. The highest BCUT2D eigenvalue weighted by molar-refractivity contribution is 6.00. The van der Waals surface area contributed by atoms with Crippen LogP contribution in [0.4, 0.5) is 5.69 Å². The molecule has 29 heavy (non-hydrogen) atoms. The SMILES string of the molecule is O=C(N[C@@H](CO)C(=O)N1CCN(c2ccccc2)CC1)c1cc2ccccc2[nH]1. The second-order valence-corrected chi connectivity index (χ2v) is 7.13. The maximum absolute atomic E-state index is 12.8. The van der Waals surface area contributed by atoms with Crippen LogP contribution in [0, 0.1) is 0 Å². The maximum Gasteiger partial charge on any atom is 0.268 e. The van der Waals surface area contributed by atoms with Gasteiger partial charge in [0.2, 0.25) is 5.91 Å². The zero-order chi connectivity index (χ0) is 20.2. The third-order valence-electron chi connectivity index (χ3n) is 5.27. The number of amides is 2. The van der Waals surface area contributed by atoms with Gasteiger partial charge in [0.05, 0.1) is 6.61 Å². The summed E-state index contributed by atoms with van der Waals surface area (Å²) >= 11 is 0. The first-order valence-corrected chi connectivity index (χ1v) is 9.74. The minimum Gasteiger partial charge on any atom is -0.394 e. The van der Waals surface area contributed by atoms with Crippen molar-refractivity contribution in [2.24, 2.45) is 0 Å². The Hall–Kier alpha value is -3.32. The van der Waals surface area contributed by atoms with Crippen LogP contribution in [0.1, 0.15) is 10.5 Å². The number of benzene rings is 2. The average Bonchev–Trinajstić information content (AvgIpc) is 3.22. The predicted molar refractivity (Wildman–Crippen MR) is 112 cm³/mol. The van der Waals surface area contributed by atoms with Crippen molar-refractivity contribution in [3.63, 3.8) is 0 Å². The summed E-state index contributed by atoms with van der Waals surface area (Å²) in [6, 6.07) is 18.4. The van der Waals surface area contributed by atoms with Gasteiger partial charge in [0.15, 0.2) is 0 Å². The van der Waals surface area contributed by atoms with E-state index in [4.69, 9.17) is 0 Å². The topological polar surface area (TPSA) is 88.7 Å². The van der Waals surface area contributed by atoms with Crippen LogP contribution < -0.4 is 10.2 Å². The molecule has 0 aliphatic carbocycles. The number of nitrogens with one attached hydrogen (secondary N) is 2. The number of aliphatic hydroxyl groups excluding tert-OH is 1. The molecule has 0 spiro atoms. The van der Waals surface area contributed by atoms with Crippen molar-refractivity contribution in [1.29, 1.82) is 0 Å². The van der Waals surface area contributed by atoms with Gasteiger partial charge in [-0.05, 0) is 24.3 Å². The third-order valence-corrected chi connectivity index (χ3v) is 5.27. The molecule has 1 aliphatic heterocycles. The Kier molecular flexibility index (Phi) is 5.48. The molecule has 2 amide bonds. The largest absolute Gasteiger partial charge is 0.394 e.